The highest BCUT2D eigenvalue weighted by Gasteiger charge is 2.24. The molecule has 6 nitrogen and oxygen atoms in total. The smallest absolute Gasteiger partial charge is 0.253 e. The van der Waals surface area contributed by atoms with E-state index < -0.39 is 0 Å². The van der Waals surface area contributed by atoms with Crippen molar-refractivity contribution in [3.8, 4) is 0 Å². The second kappa shape index (κ2) is 11.5. The van der Waals surface area contributed by atoms with E-state index in [2.05, 4.69) is 45.3 Å². The van der Waals surface area contributed by atoms with Gasteiger partial charge in [0, 0.05) is 22.1 Å². The first kappa shape index (κ1) is 25.7. The third-order valence-corrected chi connectivity index (χ3v) is 6.96. The zero-order chi connectivity index (χ0) is 24.1. The summed E-state index contributed by atoms with van der Waals surface area (Å²) >= 11 is 16.8. The Bertz CT molecular complexity index is 1150. The molecule has 0 saturated carbocycles. The maximum absolute atomic E-state index is 12.9. The van der Waals surface area contributed by atoms with Gasteiger partial charge in [0.25, 0.3) is 5.91 Å². The molecular weight excluding hydrogens is 547 g/mol. The minimum absolute atomic E-state index is 0.00136. The monoisotopic (exact) mass is 568 g/mol. The third-order valence-electron chi connectivity index (χ3n) is 4.87. The Labute approximate surface area is 215 Å². The zero-order valence-corrected chi connectivity index (χ0v) is 22.2. The fourth-order valence-corrected chi connectivity index (χ4v) is 4.79. The van der Waals surface area contributed by atoms with E-state index in [9.17, 15) is 9.59 Å². The largest absolute Gasteiger partial charge is 0.342 e. The molecule has 0 aliphatic rings. The standard InChI is InChI=1S/C23H23BrCl2N4O2S/c1-13(2)10-19(27-22(32)17-9-8-16(25)11-18(17)26)21-28-29-23(30(21)3)33-12-20(31)14-4-6-15(24)7-5-14/h4-9,11,13,19H,10,12H2,1-3H3,(H,27,32)/t19-/m1/s1. The topological polar surface area (TPSA) is 76.9 Å². The Kier molecular flexibility index (Phi) is 8.98. The predicted molar refractivity (Wildman–Crippen MR) is 136 cm³/mol. The minimum Gasteiger partial charge on any atom is -0.342 e. The summed E-state index contributed by atoms with van der Waals surface area (Å²) in [6, 6.07) is 11.6. The Morgan fingerprint density at radius 1 is 1.12 bits per heavy atom. The highest BCUT2D eigenvalue weighted by atomic mass is 79.9. The Morgan fingerprint density at radius 2 is 1.82 bits per heavy atom. The summed E-state index contributed by atoms with van der Waals surface area (Å²) in [6.45, 7) is 4.13. The van der Waals surface area contributed by atoms with Gasteiger partial charge >= 0.3 is 0 Å². The number of amides is 1. The molecule has 1 N–H and O–H groups in total. The van der Waals surface area contributed by atoms with E-state index in [1.54, 1.807) is 24.3 Å². The van der Waals surface area contributed by atoms with Gasteiger partial charge < -0.3 is 9.88 Å². The molecule has 0 spiro atoms. The van der Waals surface area contributed by atoms with E-state index in [1.165, 1.54) is 17.8 Å². The van der Waals surface area contributed by atoms with Crippen LogP contribution in [0.2, 0.25) is 10.0 Å². The number of rotatable bonds is 9. The van der Waals surface area contributed by atoms with Crippen molar-refractivity contribution in [1.29, 1.82) is 0 Å². The molecule has 0 fully saturated rings. The van der Waals surface area contributed by atoms with Gasteiger partial charge in [-0.1, -0.05) is 76.9 Å². The summed E-state index contributed by atoms with van der Waals surface area (Å²) in [6.07, 6.45) is 0.658. The molecule has 33 heavy (non-hydrogen) atoms. The van der Waals surface area contributed by atoms with Crippen LogP contribution in [0.4, 0.5) is 0 Å². The molecular formula is C23H23BrCl2N4O2S. The maximum atomic E-state index is 12.9. The summed E-state index contributed by atoms with van der Waals surface area (Å²) in [7, 11) is 1.83. The van der Waals surface area contributed by atoms with Gasteiger partial charge in [0.1, 0.15) is 0 Å². The fourth-order valence-electron chi connectivity index (χ4n) is 3.21. The van der Waals surface area contributed by atoms with E-state index in [0.717, 1.165) is 4.47 Å². The number of Topliss-reactive ketones (excluding diaryl/α,β-unsaturated/α-hetero) is 1. The lowest BCUT2D eigenvalue weighted by molar-refractivity contribution is 0.0928. The summed E-state index contributed by atoms with van der Waals surface area (Å²) in [5.74, 6) is 0.824. The summed E-state index contributed by atoms with van der Waals surface area (Å²) in [5.41, 5.74) is 0.976. The lowest BCUT2D eigenvalue weighted by atomic mass is 10.0. The maximum Gasteiger partial charge on any atom is 0.253 e. The number of hydrogen-bond donors (Lipinski definition) is 1. The summed E-state index contributed by atoms with van der Waals surface area (Å²) < 4.78 is 2.74. The van der Waals surface area contributed by atoms with Crippen LogP contribution in [-0.2, 0) is 7.05 Å². The van der Waals surface area contributed by atoms with E-state index in [0.29, 0.717) is 39.5 Å². The van der Waals surface area contributed by atoms with Crippen molar-refractivity contribution in [2.24, 2.45) is 13.0 Å². The van der Waals surface area contributed by atoms with Gasteiger partial charge in [-0.15, -0.1) is 10.2 Å². The van der Waals surface area contributed by atoms with E-state index in [4.69, 9.17) is 23.2 Å². The van der Waals surface area contributed by atoms with Crippen LogP contribution >= 0.6 is 50.9 Å². The number of thioether (sulfide) groups is 1. The lowest BCUT2D eigenvalue weighted by Gasteiger charge is -2.20. The van der Waals surface area contributed by atoms with Crippen molar-refractivity contribution in [3.05, 3.63) is 73.9 Å². The molecule has 0 aliphatic carbocycles. The SMILES string of the molecule is CC(C)C[C@@H](NC(=O)c1ccc(Cl)cc1Cl)c1nnc(SCC(=O)c2ccc(Br)cc2)n1C. The van der Waals surface area contributed by atoms with Gasteiger partial charge in [-0.25, -0.2) is 0 Å². The molecule has 3 rings (SSSR count). The van der Waals surface area contributed by atoms with Crippen LogP contribution in [0.15, 0.2) is 52.1 Å². The average molecular weight is 570 g/mol. The molecule has 10 heteroatoms. The normalized spacial score (nSPS) is 12.1. The van der Waals surface area contributed by atoms with Crippen molar-refractivity contribution in [1.82, 2.24) is 20.1 Å². The van der Waals surface area contributed by atoms with E-state index in [1.807, 2.05) is 23.7 Å². The molecule has 174 valence electrons. The van der Waals surface area contributed by atoms with Crippen molar-refractivity contribution >= 4 is 62.6 Å². The van der Waals surface area contributed by atoms with Crippen LogP contribution in [0.3, 0.4) is 0 Å². The highest BCUT2D eigenvalue weighted by Crippen LogP contribution is 2.26. The van der Waals surface area contributed by atoms with Gasteiger partial charge in [-0.2, -0.15) is 0 Å². The first-order valence-corrected chi connectivity index (χ1v) is 12.8. The van der Waals surface area contributed by atoms with Crippen molar-refractivity contribution in [2.45, 2.75) is 31.5 Å². The molecule has 3 aromatic rings. The number of nitrogens with zero attached hydrogens (tertiary/aromatic N) is 3. The van der Waals surface area contributed by atoms with Crippen LogP contribution in [0.25, 0.3) is 0 Å². The molecule has 0 unspecified atom stereocenters. The van der Waals surface area contributed by atoms with Gasteiger partial charge in [0.05, 0.1) is 22.4 Å². The van der Waals surface area contributed by atoms with Crippen molar-refractivity contribution < 1.29 is 9.59 Å². The molecule has 0 aliphatic heterocycles. The Morgan fingerprint density at radius 3 is 2.45 bits per heavy atom. The molecule has 0 saturated heterocycles. The average Bonchev–Trinajstić information content (AvgIpc) is 3.12. The van der Waals surface area contributed by atoms with Crippen LogP contribution in [0, 0.1) is 5.92 Å². The molecule has 1 aromatic heterocycles. The van der Waals surface area contributed by atoms with E-state index >= 15 is 0 Å². The second-order valence-electron chi connectivity index (χ2n) is 7.90. The van der Waals surface area contributed by atoms with E-state index in [-0.39, 0.29) is 28.5 Å². The number of halogens is 3. The molecule has 0 radical (unpaired) electrons. The number of aromatic nitrogens is 3. The lowest BCUT2D eigenvalue weighted by Crippen LogP contribution is -2.31. The Balaban J connectivity index is 1.75. The molecule has 1 atom stereocenters. The van der Waals surface area contributed by atoms with Crippen LogP contribution in [0.5, 0.6) is 0 Å². The molecule has 2 aromatic carbocycles. The van der Waals surface area contributed by atoms with Gasteiger partial charge in [-0.3, -0.25) is 9.59 Å². The minimum atomic E-state index is -0.377. The molecule has 1 heterocycles. The van der Waals surface area contributed by atoms with Crippen LogP contribution in [-0.4, -0.2) is 32.2 Å². The van der Waals surface area contributed by atoms with Gasteiger partial charge in [0.2, 0.25) is 0 Å². The number of benzene rings is 2. The summed E-state index contributed by atoms with van der Waals surface area (Å²) in [4.78, 5) is 25.4. The molecule has 0 bridgehead atoms. The number of nitrogens with one attached hydrogen (secondary N) is 1. The molecule has 1 amide bonds. The van der Waals surface area contributed by atoms with Gasteiger partial charge in [0.15, 0.2) is 16.8 Å². The predicted octanol–water partition coefficient (Wildman–Crippen LogP) is 6.38. The number of carbonyl (C=O) groups is 2. The van der Waals surface area contributed by atoms with Crippen LogP contribution < -0.4 is 5.32 Å². The second-order valence-corrected chi connectivity index (χ2v) is 10.6. The Hall–Kier alpha value is -1.87. The van der Waals surface area contributed by atoms with Crippen molar-refractivity contribution in [2.75, 3.05) is 5.75 Å². The van der Waals surface area contributed by atoms with Crippen molar-refractivity contribution in [3.63, 3.8) is 0 Å². The number of ketones is 1. The fraction of sp³-hybridized carbons (Fsp3) is 0.304. The highest BCUT2D eigenvalue weighted by molar-refractivity contribution is 9.10. The number of carbonyl (C=O) groups excluding carboxylic acids is 2. The first-order chi connectivity index (χ1) is 15.7. The first-order valence-electron chi connectivity index (χ1n) is 10.2. The zero-order valence-electron chi connectivity index (χ0n) is 18.3. The van der Waals surface area contributed by atoms with Crippen LogP contribution in [0.1, 0.15) is 52.9 Å². The summed E-state index contributed by atoms with van der Waals surface area (Å²) in [5, 5.41) is 12.9. The third kappa shape index (κ3) is 6.82. The van der Waals surface area contributed by atoms with Gasteiger partial charge in [-0.05, 0) is 42.7 Å². The number of hydrogen-bond acceptors (Lipinski definition) is 5. The quantitative estimate of drug-likeness (QED) is 0.239.